The minimum absolute atomic E-state index is 0.173. The van der Waals surface area contributed by atoms with Gasteiger partial charge in [-0.1, -0.05) is 41.9 Å². The lowest BCUT2D eigenvalue weighted by Gasteiger charge is -2.35. The summed E-state index contributed by atoms with van der Waals surface area (Å²) in [7, 11) is 1.87. The van der Waals surface area contributed by atoms with Gasteiger partial charge in [0, 0.05) is 44.6 Å². The van der Waals surface area contributed by atoms with E-state index in [1.54, 1.807) is 4.90 Å². The Morgan fingerprint density at radius 1 is 1.08 bits per heavy atom. The third kappa shape index (κ3) is 5.81. The molecule has 0 spiro atoms. The third-order valence-electron chi connectivity index (χ3n) is 4.83. The molecule has 1 aliphatic rings. The molecule has 0 atom stereocenters. The number of rotatable bonds is 7. The van der Waals surface area contributed by atoms with Crippen molar-refractivity contribution in [2.45, 2.75) is 13.0 Å². The molecular formula is C20H26ClN3OS. The van der Waals surface area contributed by atoms with E-state index in [4.69, 9.17) is 11.6 Å². The number of carbonyl (C=O) groups excluding carboxylic acids is 1. The standard InChI is InChI=1S/C20H26ClN3OS/c1-22(15-18-7-8-19(21)26-18)20(25)16-24-13-11-23(12-14-24)10-9-17-5-3-2-4-6-17/h2-8H,9-16H2,1H3. The predicted molar refractivity (Wildman–Crippen MR) is 109 cm³/mol. The molecule has 1 aliphatic heterocycles. The highest BCUT2D eigenvalue weighted by Gasteiger charge is 2.20. The van der Waals surface area contributed by atoms with Crippen molar-refractivity contribution >= 4 is 28.8 Å². The molecule has 1 amide bonds. The molecule has 3 rings (SSSR count). The van der Waals surface area contributed by atoms with Crippen molar-refractivity contribution in [3.05, 3.63) is 57.2 Å². The number of nitrogens with zero attached hydrogens (tertiary/aromatic N) is 3. The van der Waals surface area contributed by atoms with E-state index in [1.807, 2.05) is 19.2 Å². The van der Waals surface area contributed by atoms with E-state index in [-0.39, 0.29) is 5.91 Å². The Labute approximate surface area is 165 Å². The van der Waals surface area contributed by atoms with Crippen molar-refractivity contribution in [2.75, 3.05) is 46.3 Å². The minimum Gasteiger partial charge on any atom is -0.340 e. The fourth-order valence-corrected chi connectivity index (χ4v) is 4.31. The molecule has 0 N–H and O–H groups in total. The molecule has 2 heterocycles. The summed E-state index contributed by atoms with van der Waals surface area (Å²) in [6, 6.07) is 14.5. The van der Waals surface area contributed by atoms with Gasteiger partial charge < -0.3 is 9.80 Å². The molecule has 0 unspecified atom stereocenters. The van der Waals surface area contributed by atoms with Gasteiger partial charge in [-0.25, -0.2) is 0 Å². The van der Waals surface area contributed by atoms with Crippen LogP contribution in [-0.4, -0.2) is 66.9 Å². The van der Waals surface area contributed by atoms with E-state index in [9.17, 15) is 4.79 Å². The van der Waals surface area contributed by atoms with Crippen molar-refractivity contribution in [3.8, 4) is 0 Å². The first-order valence-electron chi connectivity index (χ1n) is 9.07. The normalized spacial score (nSPS) is 15.9. The molecule has 26 heavy (non-hydrogen) atoms. The molecule has 0 bridgehead atoms. The topological polar surface area (TPSA) is 26.8 Å². The maximum Gasteiger partial charge on any atom is 0.236 e. The zero-order valence-electron chi connectivity index (χ0n) is 15.2. The van der Waals surface area contributed by atoms with Gasteiger partial charge >= 0.3 is 0 Å². The van der Waals surface area contributed by atoms with E-state index in [0.717, 1.165) is 48.4 Å². The van der Waals surface area contributed by atoms with Crippen molar-refractivity contribution in [3.63, 3.8) is 0 Å². The molecule has 0 aliphatic carbocycles. The summed E-state index contributed by atoms with van der Waals surface area (Å²) in [4.78, 5) is 20.1. The number of piperazine rings is 1. The molecule has 1 fully saturated rings. The molecule has 4 nitrogen and oxygen atoms in total. The third-order valence-corrected chi connectivity index (χ3v) is 6.05. The number of hydrogen-bond acceptors (Lipinski definition) is 4. The van der Waals surface area contributed by atoms with Gasteiger partial charge in [-0.3, -0.25) is 9.69 Å². The largest absolute Gasteiger partial charge is 0.340 e. The smallest absolute Gasteiger partial charge is 0.236 e. The SMILES string of the molecule is CN(Cc1ccc(Cl)s1)C(=O)CN1CCN(CCc2ccccc2)CC1. The van der Waals surface area contributed by atoms with Crippen LogP contribution in [0.2, 0.25) is 4.34 Å². The summed E-state index contributed by atoms with van der Waals surface area (Å²) in [5.41, 5.74) is 1.39. The quantitative estimate of drug-likeness (QED) is 0.725. The first kappa shape index (κ1) is 19.4. The average molecular weight is 392 g/mol. The second kappa shape index (κ2) is 9.51. The van der Waals surface area contributed by atoms with Crippen LogP contribution in [0.15, 0.2) is 42.5 Å². The molecule has 1 aromatic carbocycles. The molecule has 1 aromatic heterocycles. The van der Waals surface area contributed by atoms with Crippen molar-refractivity contribution in [1.82, 2.24) is 14.7 Å². The van der Waals surface area contributed by atoms with E-state index in [1.165, 1.54) is 16.9 Å². The number of benzene rings is 1. The average Bonchev–Trinajstić information content (AvgIpc) is 3.06. The van der Waals surface area contributed by atoms with E-state index >= 15 is 0 Å². The van der Waals surface area contributed by atoms with Crippen LogP contribution in [0.4, 0.5) is 0 Å². The Bertz CT molecular complexity index is 698. The number of hydrogen-bond donors (Lipinski definition) is 0. The zero-order valence-corrected chi connectivity index (χ0v) is 16.8. The Kier molecular flexibility index (Phi) is 7.08. The summed E-state index contributed by atoms with van der Waals surface area (Å²) in [6.07, 6.45) is 1.09. The van der Waals surface area contributed by atoms with Gasteiger partial charge in [0.1, 0.15) is 0 Å². The van der Waals surface area contributed by atoms with E-state index in [2.05, 4.69) is 40.1 Å². The Balaban J connectivity index is 1.37. The van der Waals surface area contributed by atoms with Crippen LogP contribution in [0.1, 0.15) is 10.4 Å². The Hall–Kier alpha value is -1.40. The lowest BCUT2D eigenvalue weighted by molar-refractivity contribution is -0.132. The molecule has 6 heteroatoms. The summed E-state index contributed by atoms with van der Waals surface area (Å²) < 4.78 is 0.771. The van der Waals surface area contributed by atoms with E-state index in [0.29, 0.717) is 13.1 Å². The second-order valence-corrected chi connectivity index (χ2v) is 8.61. The molecule has 140 valence electrons. The number of carbonyl (C=O) groups is 1. The highest BCUT2D eigenvalue weighted by atomic mass is 35.5. The lowest BCUT2D eigenvalue weighted by atomic mass is 10.1. The Morgan fingerprint density at radius 2 is 1.77 bits per heavy atom. The van der Waals surface area contributed by atoms with Crippen LogP contribution in [-0.2, 0) is 17.8 Å². The highest BCUT2D eigenvalue weighted by Crippen LogP contribution is 2.22. The van der Waals surface area contributed by atoms with Gasteiger partial charge in [0.2, 0.25) is 5.91 Å². The molecule has 1 saturated heterocycles. The maximum atomic E-state index is 12.5. The fraction of sp³-hybridized carbons (Fsp3) is 0.450. The van der Waals surface area contributed by atoms with Crippen LogP contribution < -0.4 is 0 Å². The molecule has 0 radical (unpaired) electrons. The fourth-order valence-electron chi connectivity index (χ4n) is 3.17. The van der Waals surface area contributed by atoms with Gasteiger partial charge in [0.05, 0.1) is 17.4 Å². The maximum absolute atomic E-state index is 12.5. The van der Waals surface area contributed by atoms with Gasteiger partial charge in [-0.2, -0.15) is 0 Å². The van der Waals surface area contributed by atoms with Crippen LogP contribution in [0, 0.1) is 0 Å². The van der Waals surface area contributed by atoms with Gasteiger partial charge in [0.15, 0.2) is 0 Å². The molecule has 2 aromatic rings. The van der Waals surface area contributed by atoms with Gasteiger partial charge in [-0.15, -0.1) is 11.3 Å². The van der Waals surface area contributed by atoms with Gasteiger partial charge in [0.25, 0.3) is 0 Å². The van der Waals surface area contributed by atoms with Crippen LogP contribution in [0.3, 0.4) is 0 Å². The van der Waals surface area contributed by atoms with Crippen LogP contribution >= 0.6 is 22.9 Å². The van der Waals surface area contributed by atoms with Crippen LogP contribution in [0.25, 0.3) is 0 Å². The summed E-state index contributed by atoms with van der Waals surface area (Å²) in [6.45, 7) is 6.20. The van der Waals surface area contributed by atoms with Crippen molar-refractivity contribution in [2.24, 2.45) is 0 Å². The Morgan fingerprint density at radius 3 is 2.42 bits per heavy atom. The highest BCUT2D eigenvalue weighted by molar-refractivity contribution is 7.16. The van der Waals surface area contributed by atoms with E-state index < -0.39 is 0 Å². The number of halogens is 1. The predicted octanol–water partition coefficient (Wildman–Crippen LogP) is 3.22. The zero-order chi connectivity index (χ0) is 18.4. The first-order chi connectivity index (χ1) is 12.6. The van der Waals surface area contributed by atoms with Gasteiger partial charge in [-0.05, 0) is 24.1 Å². The summed E-state index contributed by atoms with van der Waals surface area (Å²) in [5, 5.41) is 0. The first-order valence-corrected chi connectivity index (χ1v) is 10.3. The number of thiophene rings is 1. The van der Waals surface area contributed by atoms with Crippen molar-refractivity contribution in [1.29, 1.82) is 0 Å². The second-order valence-electron chi connectivity index (χ2n) is 6.81. The number of likely N-dealkylation sites (N-methyl/N-ethyl adjacent to an activating group) is 1. The number of amides is 1. The summed E-state index contributed by atoms with van der Waals surface area (Å²) in [5.74, 6) is 0.173. The van der Waals surface area contributed by atoms with Crippen LogP contribution in [0.5, 0.6) is 0 Å². The lowest BCUT2D eigenvalue weighted by Crippen LogP contribution is -2.49. The van der Waals surface area contributed by atoms with Crippen molar-refractivity contribution < 1.29 is 4.79 Å². The minimum atomic E-state index is 0.173. The molecule has 0 saturated carbocycles. The molecular weight excluding hydrogens is 366 g/mol. The monoisotopic (exact) mass is 391 g/mol. The summed E-state index contributed by atoms with van der Waals surface area (Å²) >= 11 is 7.49.